The first kappa shape index (κ1) is 16.3. The lowest BCUT2D eigenvalue weighted by Crippen LogP contribution is -2.53. The first-order valence-electron chi connectivity index (χ1n) is 7.93. The molecule has 1 aliphatic rings. The number of pyridine rings is 1. The maximum absolute atomic E-state index is 9.41. The molecule has 1 N–H and O–H groups in total. The topological polar surface area (TPSA) is 52.7 Å². The number of nitrogens with zero attached hydrogens (tertiary/aromatic N) is 3. The number of hydrogen-bond donors (Lipinski definition) is 1. The number of aliphatic hydroxyl groups excluding tert-OH is 1. The van der Waals surface area contributed by atoms with E-state index in [9.17, 15) is 5.11 Å². The van der Waals surface area contributed by atoms with Crippen LogP contribution in [-0.2, 0) is 6.54 Å². The largest absolute Gasteiger partial charge is 0.465 e. The maximum atomic E-state index is 9.41. The van der Waals surface area contributed by atoms with E-state index in [2.05, 4.69) is 14.8 Å². The van der Waals surface area contributed by atoms with Crippen molar-refractivity contribution in [3.05, 3.63) is 47.0 Å². The van der Waals surface area contributed by atoms with Crippen LogP contribution in [0.5, 0.6) is 0 Å². The van der Waals surface area contributed by atoms with Gasteiger partial charge in [-0.2, -0.15) is 0 Å². The second-order valence-electron chi connectivity index (χ2n) is 5.90. The predicted molar refractivity (Wildman–Crippen MR) is 90.8 cm³/mol. The molecule has 0 bridgehead atoms. The number of piperazine rings is 1. The average Bonchev–Trinajstić information content (AvgIpc) is 2.95. The van der Waals surface area contributed by atoms with Crippen molar-refractivity contribution < 1.29 is 9.52 Å². The van der Waals surface area contributed by atoms with Crippen molar-refractivity contribution in [1.82, 2.24) is 9.88 Å². The van der Waals surface area contributed by atoms with E-state index in [0.717, 1.165) is 49.9 Å². The van der Waals surface area contributed by atoms with Gasteiger partial charge in [0.15, 0.2) is 0 Å². The fraction of sp³-hybridized carbons (Fsp3) is 0.471. The van der Waals surface area contributed by atoms with Crippen molar-refractivity contribution in [2.24, 2.45) is 0 Å². The molecular formula is C17H22ClN3O2. The van der Waals surface area contributed by atoms with Crippen molar-refractivity contribution in [2.75, 3.05) is 31.1 Å². The molecule has 0 aliphatic carbocycles. The van der Waals surface area contributed by atoms with Gasteiger partial charge in [-0.25, -0.2) is 4.98 Å². The van der Waals surface area contributed by atoms with Gasteiger partial charge in [-0.15, -0.1) is 0 Å². The smallest absolute Gasteiger partial charge is 0.147 e. The Morgan fingerprint density at radius 3 is 2.91 bits per heavy atom. The van der Waals surface area contributed by atoms with E-state index in [1.807, 2.05) is 31.2 Å². The predicted octanol–water partition coefficient (Wildman–Crippen LogP) is 2.71. The van der Waals surface area contributed by atoms with Gasteiger partial charge in [-0.05, 0) is 37.6 Å². The third-order valence-corrected chi connectivity index (χ3v) is 4.56. The summed E-state index contributed by atoms with van der Waals surface area (Å²) in [5.74, 6) is 2.72. The van der Waals surface area contributed by atoms with Gasteiger partial charge in [0.05, 0.1) is 11.6 Å². The lowest BCUT2D eigenvalue weighted by atomic mass is 10.1. The highest BCUT2D eigenvalue weighted by molar-refractivity contribution is 6.32. The molecule has 124 valence electrons. The van der Waals surface area contributed by atoms with Crippen LogP contribution >= 0.6 is 11.6 Å². The molecule has 1 fully saturated rings. The van der Waals surface area contributed by atoms with Crippen LogP contribution in [0.1, 0.15) is 17.9 Å². The molecule has 2 aromatic heterocycles. The molecule has 1 unspecified atom stereocenters. The van der Waals surface area contributed by atoms with Crippen LogP contribution in [0.25, 0.3) is 0 Å². The van der Waals surface area contributed by atoms with E-state index in [1.54, 1.807) is 6.20 Å². The Bertz CT molecular complexity index is 646. The second-order valence-corrected chi connectivity index (χ2v) is 6.31. The van der Waals surface area contributed by atoms with Crippen molar-refractivity contribution in [1.29, 1.82) is 0 Å². The first-order chi connectivity index (χ1) is 11.2. The number of aromatic nitrogens is 1. The fourth-order valence-corrected chi connectivity index (χ4v) is 3.34. The fourth-order valence-electron chi connectivity index (χ4n) is 3.10. The van der Waals surface area contributed by atoms with Crippen LogP contribution < -0.4 is 4.90 Å². The Labute approximate surface area is 141 Å². The van der Waals surface area contributed by atoms with Crippen LogP contribution in [0, 0.1) is 6.92 Å². The maximum Gasteiger partial charge on any atom is 0.147 e. The molecule has 0 spiro atoms. The minimum Gasteiger partial charge on any atom is -0.465 e. The van der Waals surface area contributed by atoms with Gasteiger partial charge in [0.2, 0.25) is 0 Å². The van der Waals surface area contributed by atoms with Crippen LogP contribution in [-0.4, -0.2) is 47.3 Å². The third-order valence-electron chi connectivity index (χ3n) is 4.26. The molecule has 3 rings (SSSR count). The van der Waals surface area contributed by atoms with E-state index in [4.69, 9.17) is 16.0 Å². The van der Waals surface area contributed by atoms with Crippen LogP contribution in [0.2, 0.25) is 5.02 Å². The molecule has 1 saturated heterocycles. The van der Waals surface area contributed by atoms with E-state index in [-0.39, 0.29) is 12.6 Å². The van der Waals surface area contributed by atoms with Gasteiger partial charge in [0.1, 0.15) is 17.3 Å². The molecular weight excluding hydrogens is 314 g/mol. The van der Waals surface area contributed by atoms with Crippen molar-refractivity contribution in [3.8, 4) is 0 Å². The van der Waals surface area contributed by atoms with Crippen molar-refractivity contribution in [2.45, 2.75) is 25.9 Å². The zero-order valence-corrected chi connectivity index (χ0v) is 14.0. The lowest BCUT2D eigenvalue weighted by Gasteiger charge is -2.41. The monoisotopic (exact) mass is 335 g/mol. The summed E-state index contributed by atoms with van der Waals surface area (Å²) < 4.78 is 5.69. The summed E-state index contributed by atoms with van der Waals surface area (Å²) >= 11 is 6.27. The van der Waals surface area contributed by atoms with Gasteiger partial charge >= 0.3 is 0 Å². The number of anilines is 1. The lowest BCUT2D eigenvalue weighted by molar-refractivity contribution is 0.126. The minimum atomic E-state index is 0.169. The quantitative estimate of drug-likeness (QED) is 0.910. The van der Waals surface area contributed by atoms with E-state index >= 15 is 0 Å². The Morgan fingerprint density at radius 2 is 2.22 bits per heavy atom. The molecule has 0 radical (unpaired) electrons. The average molecular weight is 336 g/mol. The Balaban J connectivity index is 1.71. The molecule has 2 aromatic rings. The zero-order chi connectivity index (χ0) is 16.2. The summed E-state index contributed by atoms with van der Waals surface area (Å²) in [6, 6.07) is 7.96. The second kappa shape index (κ2) is 7.34. The van der Waals surface area contributed by atoms with Gasteiger partial charge in [-0.3, -0.25) is 4.90 Å². The van der Waals surface area contributed by atoms with Crippen LogP contribution in [0.15, 0.2) is 34.9 Å². The van der Waals surface area contributed by atoms with Crippen LogP contribution in [0.3, 0.4) is 0 Å². The van der Waals surface area contributed by atoms with Gasteiger partial charge < -0.3 is 14.4 Å². The number of hydrogen-bond acceptors (Lipinski definition) is 5. The minimum absolute atomic E-state index is 0.169. The van der Waals surface area contributed by atoms with Crippen molar-refractivity contribution >= 4 is 17.4 Å². The summed E-state index contributed by atoms with van der Waals surface area (Å²) in [4.78, 5) is 8.97. The number of halogens is 1. The standard InChI is InChI=1S/C17H22ClN3O2/c1-13-4-5-15(23-13)12-20-8-9-21(11-14(20)6-10-22)17-16(18)3-2-7-19-17/h2-5,7,14,22H,6,8-12H2,1H3. The summed E-state index contributed by atoms with van der Waals surface area (Å²) in [5, 5.41) is 10.1. The Hall–Kier alpha value is -1.56. The summed E-state index contributed by atoms with van der Waals surface area (Å²) in [6.07, 6.45) is 2.49. The molecule has 3 heterocycles. The van der Waals surface area contributed by atoms with E-state index < -0.39 is 0 Å². The first-order valence-corrected chi connectivity index (χ1v) is 8.31. The summed E-state index contributed by atoms with van der Waals surface area (Å²) in [5.41, 5.74) is 0. The molecule has 1 atom stereocenters. The Morgan fingerprint density at radius 1 is 1.35 bits per heavy atom. The highest BCUT2D eigenvalue weighted by Crippen LogP contribution is 2.26. The highest BCUT2D eigenvalue weighted by atomic mass is 35.5. The third kappa shape index (κ3) is 3.86. The highest BCUT2D eigenvalue weighted by Gasteiger charge is 2.28. The van der Waals surface area contributed by atoms with E-state index in [1.165, 1.54) is 0 Å². The molecule has 0 aromatic carbocycles. The van der Waals surface area contributed by atoms with Gasteiger partial charge in [0.25, 0.3) is 0 Å². The number of furan rings is 1. The van der Waals surface area contributed by atoms with Gasteiger partial charge in [-0.1, -0.05) is 11.6 Å². The molecule has 6 heteroatoms. The van der Waals surface area contributed by atoms with Crippen LogP contribution in [0.4, 0.5) is 5.82 Å². The van der Waals surface area contributed by atoms with E-state index in [0.29, 0.717) is 5.02 Å². The number of rotatable bonds is 5. The van der Waals surface area contributed by atoms with Crippen molar-refractivity contribution in [3.63, 3.8) is 0 Å². The molecule has 1 aliphatic heterocycles. The normalized spacial score (nSPS) is 19.3. The zero-order valence-electron chi connectivity index (χ0n) is 13.3. The molecule has 5 nitrogen and oxygen atoms in total. The molecule has 0 saturated carbocycles. The summed E-state index contributed by atoms with van der Waals surface area (Å²) in [6.45, 7) is 5.44. The SMILES string of the molecule is Cc1ccc(CN2CCN(c3ncccc3Cl)CC2CCO)o1. The van der Waals surface area contributed by atoms with Gasteiger partial charge in [0, 0.05) is 38.5 Å². The number of aliphatic hydroxyl groups is 1. The molecule has 0 amide bonds. The molecule has 23 heavy (non-hydrogen) atoms. The Kier molecular flexibility index (Phi) is 5.20. The number of aryl methyl sites for hydroxylation is 1. The summed E-state index contributed by atoms with van der Waals surface area (Å²) in [7, 11) is 0.